The van der Waals surface area contributed by atoms with Gasteiger partial charge in [0.1, 0.15) is 18.5 Å². The van der Waals surface area contributed by atoms with Crippen molar-refractivity contribution in [1.82, 2.24) is 10.6 Å². The van der Waals surface area contributed by atoms with Crippen LogP contribution in [-0.2, 0) is 11.0 Å². The molecule has 1 aromatic carbocycles. The van der Waals surface area contributed by atoms with Crippen LogP contribution in [0.3, 0.4) is 0 Å². The van der Waals surface area contributed by atoms with Crippen LogP contribution in [0.1, 0.15) is 22.3 Å². The lowest BCUT2D eigenvalue weighted by molar-refractivity contribution is -0.137. The molecule has 1 atom stereocenters. The molecule has 2 amide bonds. The molecular weight excluding hydrogens is 397 g/mol. The number of nitrogens with one attached hydrogen (secondary N) is 2. The summed E-state index contributed by atoms with van der Waals surface area (Å²) in [5.41, 5.74) is -0.329. The summed E-state index contributed by atoms with van der Waals surface area (Å²) in [5.74, 6) is -0.691. The predicted molar refractivity (Wildman–Crippen MR) is 97.2 cm³/mol. The number of carbonyl (C=O) groups excluding carboxylic acids is 2. The van der Waals surface area contributed by atoms with E-state index in [0.717, 1.165) is 12.1 Å². The quantitative estimate of drug-likeness (QED) is 0.586. The third-order valence-electron chi connectivity index (χ3n) is 3.56. The lowest BCUT2D eigenvalue weighted by Gasteiger charge is -2.14. The third kappa shape index (κ3) is 7.20. The molecule has 0 aliphatic rings. The zero-order chi connectivity index (χ0) is 20.6. The minimum Gasteiger partial charge on any atom is -0.491 e. The summed E-state index contributed by atoms with van der Waals surface area (Å²) in [6.07, 6.45) is -5.55. The molecule has 152 valence electrons. The van der Waals surface area contributed by atoms with Crippen molar-refractivity contribution in [1.29, 1.82) is 0 Å². The first-order chi connectivity index (χ1) is 13.3. The van der Waals surface area contributed by atoms with Crippen molar-refractivity contribution < 1.29 is 32.6 Å². The Hall–Kier alpha value is -2.59. The van der Waals surface area contributed by atoms with Crippen molar-refractivity contribution in [3.8, 4) is 5.75 Å². The number of benzene rings is 1. The molecule has 0 aliphatic heterocycles. The molecule has 0 fully saturated rings. The summed E-state index contributed by atoms with van der Waals surface area (Å²) in [6, 6.07) is 5.97. The van der Waals surface area contributed by atoms with Crippen molar-refractivity contribution in [3.05, 3.63) is 52.2 Å². The molecule has 0 saturated heterocycles. The Kier molecular flexibility index (Phi) is 7.82. The van der Waals surface area contributed by atoms with Gasteiger partial charge in [0, 0.05) is 30.5 Å². The van der Waals surface area contributed by atoms with Gasteiger partial charge < -0.3 is 20.5 Å². The Morgan fingerprint density at radius 3 is 2.68 bits per heavy atom. The van der Waals surface area contributed by atoms with Crippen LogP contribution in [0.5, 0.6) is 5.75 Å². The number of halogens is 3. The third-order valence-corrected chi connectivity index (χ3v) is 4.24. The van der Waals surface area contributed by atoms with Crippen LogP contribution in [0.25, 0.3) is 0 Å². The minimum atomic E-state index is -4.48. The number of thiophene rings is 1. The monoisotopic (exact) mass is 416 g/mol. The molecule has 0 spiro atoms. The Morgan fingerprint density at radius 2 is 2.00 bits per heavy atom. The van der Waals surface area contributed by atoms with Crippen LogP contribution in [0.2, 0.25) is 0 Å². The van der Waals surface area contributed by atoms with E-state index in [9.17, 15) is 27.9 Å². The average Bonchev–Trinajstić information content (AvgIpc) is 3.19. The van der Waals surface area contributed by atoms with Gasteiger partial charge in [-0.3, -0.25) is 9.59 Å². The summed E-state index contributed by atoms with van der Waals surface area (Å²) in [6.45, 7) is -0.274. The van der Waals surface area contributed by atoms with E-state index in [4.69, 9.17) is 4.74 Å². The second-order valence-electron chi connectivity index (χ2n) is 5.81. The standard InChI is InChI=1S/C18H19F3N2O4S/c19-18(20,21)13-2-1-3-15(8-13)27-10-14(24)9-23-16(25)4-6-22-17(26)12-5-7-28-11-12/h1-3,5,7-8,11,14,24H,4,6,9-10H2,(H,22,26)(H,23,25). The molecule has 10 heteroatoms. The molecular formula is C18H19F3N2O4S. The van der Waals surface area contributed by atoms with E-state index in [-0.39, 0.29) is 43.7 Å². The maximum atomic E-state index is 12.6. The number of alkyl halides is 3. The highest BCUT2D eigenvalue weighted by Gasteiger charge is 2.30. The van der Waals surface area contributed by atoms with Crippen LogP contribution in [0.4, 0.5) is 13.2 Å². The predicted octanol–water partition coefficient (Wildman–Crippen LogP) is 2.44. The van der Waals surface area contributed by atoms with E-state index >= 15 is 0 Å². The zero-order valence-electron chi connectivity index (χ0n) is 14.7. The molecule has 0 aliphatic carbocycles. The molecule has 28 heavy (non-hydrogen) atoms. The molecule has 0 radical (unpaired) electrons. The van der Waals surface area contributed by atoms with Crippen molar-refractivity contribution in [2.24, 2.45) is 0 Å². The lowest BCUT2D eigenvalue weighted by atomic mass is 10.2. The zero-order valence-corrected chi connectivity index (χ0v) is 15.5. The molecule has 1 heterocycles. The number of carbonyl (C=O) groups is 2. The number of aliphatic hydroxyl groups is 1. The highest BCUT2D eigenvalue weighted by molar-refractivity contribution is 7.08. The topological polar surface area (TPSA) is 87.7 Å². The van der Waals surface area contributed by atoms with E-state index in [1.807, 2.05) is 0 Å². The van der Waals surface area contributed by atoms with Crippen LogP contribution < -0.4 is 15.4 Å². The number of hydrogen-bond acceptors (Lipinski definition) is 5. The molecule has 0 bridgehead atoms. The van der Waals surface area contributed by atoms with Crippen LogP contribution >= 0.6 is 11.3 Å². The number of ether oxygens (including phenoxy) is 1. The van der Waals surface area contributed by atoms with Gasteiger partial charge in [-0.15, -0.1) is 0 Å². The molecule has 2 aromatic rings. The van der Waals surface area contributed by atoms with Gasteiger partial charge in [-0.2, -0.15) is 24.5 Å². The van der Waals surface area contributed by atoms with Gasteiger partial charge in [-0.25, -0.2) is 0 Å². The van der Waals surface area contributed by atoms with Gasteiger partial charge in [0.05, 0.1) is 5.56 Å². The van der Waals surface area contributed by atoms with Gasteiger partial charge in [0.15, 0.2) is 0 Å². The normalized spacial score (nSPS) is 12.3. The summed E-state index contributed by atoms with van der Waals surface area (Å²) < 4.78 is 43.0. The van der Waals surface area contributed by atoms with Crippen LogP contribution in [0.15, 0.2) is 41.1 Å². The van der Waals surface area contributed by atoms with E-state index in [2.05, 4.69) is 10.6 Å². The Bertz CT molecular complexity index is 781. The second-order valence-corrected chi connectivity index (χ2v) is 6.59. The fourth-order valence-electron chi connectivity index (χ4n) is 2.12. The first kappa shape index (κ1) is 21.7. The van der Waals surface area contributed by atoms with Crippen molar-refractivity contribution >= 4 is 23.2 Å². The Morgan fingerprint density at radius 1 is 1.21 bits per heavy atom. The number of rotatable bonds is 9. The molecule has 2 rings (SSSR count). The lowest BCUT2D eigenvalue weighted by Crippen LogP contribution is -2.37. The van der Waals surface area contributed by atoms with Gasteiger partial charge in [-0.05, 0) is 29.6 Å². The average molecular weight is 416 g/mol. The smallest absolute Gasteiger partial charge is 0.416 e. The van der Waals surface area contributed by atoms with Crippen LogP contribution in [0, 0.1) is 0 Å². The van der Waals surface area contributed by atoms with Crippen molar-refractivity contribution in [3.63, 3.8) is 0 Å². The van der Waals surface area contributed by atoms with Gasteiger partial charge in [0.25, 0.3) is 5.91 Å². The number of hydrogen-bond donors (Lipinski definition) is 3. The van der Waals surface area contributed by atoms with E-state index < -0.39 is 17.8 Å². The maximum absolute atomic E-state index is 12.6. The van der Waals surface area contributed by atoms with E-state index in [0.29, 0.717) is 5.56 Å². The summed E-state index contributed by atoms with van der Waals surface area (Å²) in [5, 5.41) is 18.3. The second kappa shape index (κ2) is 10.1. The molecule has 1 aromatic heterocycles. The van der Waals surface area contributed by atoms with Crippen molar-refractivity contribution in [2.45, 2.75) is 18.7 Å². The Labute approximate surface area is 163 Å². The van der Waals surface area contributed by atoms with Crippen LogP contribution in [-0.4, -0.2) is 42.7 Å². The number of amides is 2. The minimum absolute atomic E-state index is 0.0249. The Balaban J connectivity index is 1.64. The van der Waals surface area contributed by atoms with Gasteiger partial charge >= 0.3 is 6.18 Å². The molecule has 6 nitrogen and oxygen atoms in total. The molecule has 0 saturated carbocycles. The summed E-state index contributed by atoms with van der Waals surface area (Å²) in [7, 11) is 0. The molecule has 1 unspecified atom stereocenters. The van der Waals surface area contributed by atoms with Crippen molar-refractivity contribution in [2.75, 3.05) is 19.7 Å². The SMILES string of the molecule is O=C(CCNC(=O)c1ccsc1)NCC(O)COc1cccc(C(F)(F)F)c1. The number of aliphatic hydroxyl groups excluding tert-OH is 1. The van der Waals surface area contributed by atoms with Gasteiger partial charge in [0.2, 0.25) is 5.91 Å². The summed E-state index contributed by atoms with van der Waals surface area (Å²) >= 11 is 1.39. The van der Waals surface area contributed by atoms with E-state index in [1.165, 1.54) is 23.5 Å². The van der Waals surface area contributed by atoms with E-state index in [1.54, 1.807) is 16.8 Å². The first-order valence-corrected chi connectivity index (χ1v) is 9.25. The maximum Gasteiger partial charge on any atom is 0.416 e. The summed E-state index contributed by atoms with van der Waals surface area (Å²) in [4.78, 5) is 23.4. The highest BCUT2D eigenvalue weighted by Crippen LogP contribution is 2.31. The van der Waals surface area contributed by atoms with Gasteiger partial charge in [-0.1, -0.05) is 6.07 Å². The fourth-order valence-corrected chi connectivity index (χ4v) is 2.75. The first-order valence-electron chi connectivity index (χ1n) is 8.31. The largest absolute Gasteiger partial charge is 0.491 e. The highest BCUT2D eigenvalue weighted by atomic mass is 32.1. The molecule has 3 N–H and O–H groups in total. The fraction of sp³-hybridized carbons (Fsp3) is 0.333.